The molecule has 33 heavy (non-hydrogen) atoms. The Bertz CT molecular complexity index is 1520. The first kappa shape index (κ1) is 20.8. The molecule has 0 unspecified atom stereocenters. The van der Waals surface area contributed by atoms with Gasteiger partial charge >= 0.3 is 5.97 Å². The van der Waals surface area contributed by atoms with Crippen LogP contribution in [0.4, 0.5) is 0 Å². The number of aromatic nitrogens is 4. The van der Waals surface area contributed by atoms with Crippen molar-refractivity contribution in [2.24, 2.45) is 0 Å². The Hall–Kier alpha value is -4.07. The molecule has 0 aliphatic carbocycles. The molecule has 0 radical (unpaired) electrons. The molecule has 168 valence electrons. The van der Waals surface area contributed by atoms with Crippen molar-refractivity contribution in [3.63, 3.8) is 0 Å². The van der Waals surface area contributed by atoms with Crippen LogP contribution in [0.2, 0.25) is 0 Å². The van der Waals surface area contributed by atoms with Gasteiger partial charge in [0.05, 0.1) is 25.3 Å². The summed E-state index contributed by atoms with van der Waals surface area (Å²) in [5.41, 5.74) is 4.37. The van der Waals surface area contributed by atoms with Gasteiger partial charge in [-0.05, 0) is 43.2 Å². The van der Waals surface area contributed by atoms with E-state index in [1.807, 2.05) is 64.6 Å². The van der Waals surface area contributed by atoms with E-state index in [0.29, 0.717) is 23.8 Å². The summed E-state index contributed by atoms with van der Waals surface area (Å²) in [6.07, 6.45) is 2.56. The van der Waals surface area contributed by atoms with E-state index in [1.165, 1.54) is 6.92 Å². The van der Waals surface area contributed by atoms with Crippen LogP contribution in [0.25, 0.3) is 27.7 Å². The molecule has 8 heteroatoms. The maximum Gasteiger partial charge on any atom is 0.308 e. The SMILES string of the molecule is COc1ccc(CCn2cc(OC(C)=O)c3c2nc(C)n2c4ccccc4nc32)cc1OC. The summed E-state index contributed by atoms with van der Waals surface area (Å²) in [7, 11) is 3.24. The first-order chi connectivity index (χ1) is 16.0. The summed E-state index contributed by atoms with van der Waals surface area (Å²) in [4.78, 5) is 21.6. The van der Waals surface area contributed by atoms with Crippen LogP contribution in [0, 0.1) is 6.92 Å². The van der Waals surface area contributed by atoms with Crippen LogP contribution in [0.3, 0.4) is 0 Å². The normalized spacial score (nSPS) is 11.4. The minimum atomic E-state index is -0.385. The van der Waals surface area contributed by atoms with E-state index >= 15 is 0 Å². The molecule has 0 N–H and O–H groups in total. The lowest BCUT2D eigenvalue weighted by molar-refractivity contribution is -0.131. The van der Waals surface area contributed by atoms with E-state index in [2.05, 4.69) is 0 Å². The molecule has 3 heterocycles. The molecular formula is C25H24N4O4. The Morgan fingerprint density at radius 3 is 2.52 bits per heavy atom. The number of para-hydroxylation sites is 2. The molecular weight excluding hydrogens is 420 g/mol. The molecule has 0 amide bonds. The van der Waals surface area contributed by atoms with Crippen LogP contribution in [0.15, 0.2) is 48.7 Å². The average Bonchev–Trinajstić information content (AvgIpc) is 3.35. The lowest BCUT2D eigenvalue weighted by Gasteiger charge is -2.10. The predicted molar refractivity (Wildman–Crippen MR) is 125 cm³/mol. The van der Waals surface area contributed by atoms with Crippen LogP contribution in [-0.4, -0.2) is 39.1 Å². The zero-order chi connectivity index (χ0) is 23.1. The van der Waals surface area contributed by atoms with Crippen molar-refractivity contribution < 1.29 is 19.0 Å². The molecule has 0 bridgehead atoms. The minimum Gasteiger partial charge on any atom is -0.493 e. The van der Waals surface area contributed by atoms with Crippen molar-refractivity contribution in [2.45, 2.75) is 26.8 Å². The van der Waals surface area contributed by atoms with Crippen molar-refractivity contribution in [1.29, 1.82) is 0 Å². The van der Waals surface area contributed by atoms with Crippen LogP contribution >= 0.6 is 0 Å². The molecule has 0 fully saturated rings. The summed E-state index contributed by atoms with van der Waals surface area (Å²) >= 11 is 0. The Balaban J connectivity index is 1.63. The molecule has 0 spiro atoms. The van der Waals surface area contributed by atoms with Gasteiger partial charge < -0.3 is 18.8 Å². The zero-order valence-electron chi connectivity index (χ0n) is 19.0. The van der Waals surface area contributed by atoms with Crippen molar-refractivity contribution >= 4 is 33.7 Å². The maximum absolute atomic E-state index is 11.8. The number of esters is 1. The second kappa shape index (κ2) is 8.12. The maximum atomic E-state index is 11.8. The highest BCUT2D eigenvalue weighted by Crippen LogP contribution is 2.34. The number of nitrogens with zero attached hydrogens (tertiary/aromatic N) is 4. The van der Waals surface area contributed by atoms with Crippen LogP contribution in [-0.2, 0) is 17.8 Å². The van der Waals surface area contributed by atoms with Gasteiger partial charge in [-0.25, -0.2) is 9.97 Å². The molecule has 0 saturated heterocycles. The van der Waals surface area contributed by atoms with E-state index in [0.717, 1.165) is 45.5 Å². The summed E-state index contributed by atoms with van der Waals surface area (Å²) in [6.45, 7) is 3.99. The molecule has 2 aromatic carbocycles. The first-order valence-electron chi connectivity index (χ1n) is 10.7. The van der Waals surface area contributed by atoms with Gasteiger partial charge in [-0.3, -0.25) is 9.20 Å². The third kappa shape index (κ3) is 3.53. The van der Waals surface area contributed by atoms with Crippen LogP contribution in [0.1, 0.15) is 18.3 Å². The van der Waals surface area contributed by atoms with Gasteiger partial charge in [-0.2, -0.15) is 0 Å². The van der Waals surface area contributed by atoms with E-state index in [4.69, 9.17) is 24.2 Å². The number of imidazole rings is 1. The molecule has 8 nitrogen and oxygen atoms in total. The summed E-state index contributed by atoms with van der Waals surface area (Å²) in [6, 6.07) is 13.8. The molecule has 0 aliphatic heterocycles. The number of methoxy groups -OCH3 is 2. The highest BCUT2D eigenvalue weighted by molar-refractivity contribution is 6.00. The second-order valence-electron chi connectivity index (χ2n) is 7.84. The number of rotatable bonds is 6. The van der Waals surface area contributed by atoms with Crippen molar-refractivity contribution in [3.8, 4) is 17.2 Å². The lowest BCUT2D eigenvalue weighted by atomic mass is 10.1. The van der Waals surface area contributed by atoms with E-state index in [1.54, 1.807) is 14.2 Å². The van der Waals surface area contributed by atoms with Gasteiger partial charge in [0, 0.05) is 19.7 Å². The Morgan fingerprint density at radius 1 is 0.970 bits per heavy atom. The number of aryl methyl sites for hydroxylation is 3. The number of fused-ring (bicyclic) bond motifs is 5. The van der Waals surface area contributed by atoms with Gasteiger partial charge in [0.15, 0.2) is 22.9 Å². The van der Waals surface area contributed by atoms with Crippen molar-refractivity contribution in [2.75, 3.05) is 14.2 Å². The van der Waals surface area contributed by atoms with E-state index in [-0.39, 0.29) is 5.97 Å². The quantitative estimate of drug-likeness (QED) is 0.363. The number of ether oxygens (including phenoxy) is 3. The van der Waals surface area contributed by atoms with Gasteiger partial charge in [-0.15, -0.1) is 0 Å². The summed E-state index contributed by atoms with van der Waals surface area (Å²) in [5.74, 6) is 2.26. The third-order valence-electron chi connectivity index (χ3n) is 5.73. The number of benzene rings is 2. The summed E-state index contributed by atoms with van der Waals surface area (Å²) < 4.78 is 20.4. The molecule has 0 aliphatic rings. The van der Waals surface area contributed by atoms with Gasteiger partial charge in [-0.1, -0.05) is 18.2 Å². The van der Waals surface area contributed by atoms with Gasteiger partial charge in [0.25, 0.3) is 0 Å². The fourth-order valence-electron chi connectivity index (χ4n) is 4.26. The molecule has 3 aromatic heterocycles. The van der Waals surface area contributed by atoms with Crippen LogP contribution < -0.4 is 14.2 Å². The fraction of sp³-hybridized carbons (Fsp3) is 0.240. The lowest BCUT2D eigenvalue weighted by Crippen LogP contribution is -2.04. The molecule has 0 atom stereocenters. The Morgan fingerprint density at radius 2 is 1.76 bits per heavy atom. The standard InChI is InChI=1S/C25H24N4O4/c1-15-26-24-23(25-27-18-7-5-6-8-19(18)29(15)25)22(33-16(2)30)14-28(24)12-11-17-9-10-20(31-3)21(13-17)32-4/h5-10,13-14H,11-12H2,1-4H3. The highest BCUT2D eigenvalue weighted by atomic mass is 16.5. The Kier molecular flexibility index (Phi) is 5.12. The molecule has 0 saturated carbocycles. The number of carbonyl (C=O) groups is 1. The smallest absolute Gasteiger partial charge is 0.308 e. The fourth-order valence-corrected chi connectivity index (χ4v) is 4.26. The topological polar surface area (TPSA) is 79.9 Å². The molecule has 5 rings (SSSR count). The summed E-state index contributed by atoms with van der Waals surface area (Å²) in [5, 5.41) is 0.722. The predicted octanol–water partition coefficient (Wildman–Crippen LogP) is 4.33. The van der Waals surface area contributed by atoms with Gasteiger partial charge in [0.1, 0.15) is 16.9 Å². The molecule has 5 aromatic rings. The van der Waals surface area contributed by atoms with E-state index in [9.17, 15) is 4.79 Å². The van der Waals surface area contributed by atoms with Gasteiger partial charge in [0.2, 0.25) is 0 Å². The number of hydrogen-bond acceptors (Lipinski definition) is 6. The van der Waals surface area contributed by atoms with Crippen LogP contribution in [0.5, 0.6) is 17.2 Å². The Labute approximate surface area is 190 Å². The van der Waals surface area contributed by atoms with Crippen molar-refractivity contribution in [3.05, 3.63) is 60.0 Å². The monoisotopic (exact) mass is 444 g/mol. The zero-order valence-corrected chi connectivity index (χ0v) is 19.0. The third-order valence-corrected chi connectivity index (χ3v) is 5.73. The average molecular weight is 444 g/mol. The number of hydrogen-bond donors (Lipinski definition) is 0. The highest BCUT2D eigenvalue weighted by Gasteiger charge is 2.20. The van der Waals surface area contributed by atoms with Crippen molar-refractivity contribution in [1.82, 2.24) is 18.9 Å². The number of carbonyl (C=O) groups excluding carboxylic acids is 1. The van der Waals surface area contributed by atoms with E-state index < -0.39 is 0 Å². The first-order valence-corrected chi connectivity index (χ1v) is 10.7. The largest absolute Gasteiger partial charge is 0.493 e. The second-order valence-corrected chi connectivity index (χ2v) is 7.84. The minimum absolute atomic E-state index is 0.385.